The number of ether oxygens (including phenoxy) is 1. The normalized spacial score (nSPS) is 15.2. The van der Waals surface area contributed by atoms with Crippen molar-refractivity contribution in [3.63, 3.8) is 0 Å². The monoisotopic (exact) mass is 353 g/mol. The van der Waals surface area contributed by atoms with Crippen LogP contribution in [0.15, 0.2) is 34.8 Å². The van der Waals surface area contributed by atoms with E-state index in [9.17, 15) is 8.78 Å². The maximum Gasteiger partial charge on any atom is 0.132 e. The van der Waals surface area contributed by atoms with E-state index in [0.717, 1.165) is 24.2 Å². The number of benzene rings is 2. The Labute approximate surface area is 130 Å². The minimum Gasteiger partial charge on any atom is -0.493 e. The standard InChI is InChI=1S/C16H14BrF2NO/c17-11-7-12(18)15(13(19)8-11)16(20)10-3-4-14-9(6-10)2-1-5-21-14/h3-4,6-8,16H,1-2,5,20H2. The zero-order valence-electron chi connectivity index (χ0n) is 11.2. The second kappa shape index (κ2) is 5.73. The van der Waals surface area contributed by atoms with Gasteiger partial charge in [-0.1, -0.05) is 28.1 Å². The highest BCUT2D eigenvalue weighted by molar-refractivity contribution is 9.10. The second-order valence-electron chi connectivity index (χ2n) is 5.08. The van der Waals surface area contributed by atoms with E-state index in [2.05, 4.69) is 15.9 Å². The summed E-state index contributed by atoms with van der Waals surface area (Å²) < 4.78 is 33.9. The number of fused-ring (bicyclic) bond motifs is 1. The largest absolute Gasteiger partial charge is 0.493 e. The first kappa shape index (κ1) is 14.5. The van der Waals surface area contributed by atoms with Crippen molar-refractivity contribution in [1.82, 2.24) is 0 Å². The van der Waals surface area contributed by atoms with Crippen LogP contribution in [0.5, 0.6) is 5.75 Å². The van der Waals surface area contributed by atoms with Gasteiger partial charge in [-0.3, -0.25) is 0 Å². The van der Waals surface area contributed by atoms with Crippen LogP contribution in [0.25, 0.3) is 0 Å². The lowest BCUT2D eigenvalue weighted by atomic mass is 9.95. The van der Waals surface area contributed by atoms with E-state index >= 15 is 0 Å². The highest BCUT2D eigenvalue weighted by atomic mass is 79.9. The molecule has 1 aliphatic heterocycles. The summed E-state index contributed by atoms with van der Waals surface area (Å²) in [7, 11) is 0. The lowest BCUT2D eigenvalue weighted by Gasteiger charge is -2.20. The van der Waals surface area contributed by atoms with Gasteiger partial charge >= 0.3 is 0 Å². The SMILES string of the molecule is NC(c1ccc2c(c1)CCCO2)c1c(F)cc(Br)cc1F. The zero-order chi connectivity index (χ0) is 15.0. The minimum absolute atomic E-state index is 0.116. The average molecular weight is 354 g/mol. The van der Waals surface area contributed by atoms with Gasteiger partial charge in [-0.25, -0.2) is 8.78 Å². The van der Waals surface area contributed by atoms with E-state index in [-0.39, 0.29) is 5.56 Å². The molecule has 2 aromatic carbocycles. The van der Waals surface area contributed by atoms with Gasteiger partial charge in [0.05, 0.1) is 12.6 Å². The third kappa shape index (κ3) is 2.80. The lowest BCUT2D eigenvalue weighted by molar-refractivity contribution is 0.288. The van der Waals surface area contributed by atoms with Crippen molar-refractivity contribution >= 4 is 15.9 Å². The Kier molecular flexibility index (Phi) is 3.95. The van der Waals surface area contributed by atoms with Gasteiger partial charge in [-0.15, -0.1) is 0 Å². The summed E-state index contributed by atoms with van der Waals surface area (Å²) in [6.45, 7) is 0.703. The van der Waals surface area contributed by atoms with Gasteiger partial charge in [0, 0.05) is 10.0 Å². The molecule has 110 valence electrons. The maximum absolute atomic E-state index is 14.0. The van der Waals surface area contributed by atoms with E-state index in [1.165, 1.54) is 12.1 Å². The summed E-state index contributed by atoms with van der Waals surface area (Å²) in [4.78, 5) is 0. The first-order valence-electron chi connectivity index (χ1n) is 6.72. The van der Waals surface area contributed by atoms with Gasteiger partial charge in [-0.05, 0) is 42.2 Å². The molecule has 5 heteroatoms. The quantitative estimate of drug-likeness (QED) is 0.881. The van der Waals surface area contributed by atoms with Crippen molar-refractivity contribution in [2.24, 2.45) is 5.73 Å². The Morgan fingerprint density at radius 1 is 1.14 bits per heavy atom. The fourth-order valence-corrected chi connectivity index (χ4v) is 2.99. The molecule has 2 N–H and O–H groups in total. The molecule has 0 amide bonds. The van der Waals surface area contributed by atoms with Crippen LogP contribution in [0.1, 0.15) is 29.2 Å². The number of hydrogen-bond donors (Lipinski definition) is 1. The van der Waals surface area contributed by atoms with Crippen molar-refractivity contribution in [1.29, 1.82) is 0 Å². The van der Waals surface area contributed by atoms with Crippen LogP contribution < -0.4 is 10.5 Å². The van der Waals surface area contributed by atoms with Gasteiger partial charge < -0.3 is 10.5 Å². The predicted octanol–water partition coefficient (Wildman–Crippen LogP) is 4.10. The molecule has 0 fully saturated rings. The van der Waals surface area contributed by atoms with Crippen molar-refractivity contribution in [2.45, 2.75) is 18.9 Å². The first-order chi connectivity index (χ1) is 10.1. The molecule has 1 aliphatic rings. The zero-order valence-corrected chi connectivity index (χ0v) is 12.8. The molecule has 3 rings (SSSR count). The third-order valence-corrected chi connectivity index (χ3v) is 4.10. The first-order valence-corrected chi connectivity index (χ1v) is 7.51. The van der Waals surface area contributed by atoms with E-state index in [4.69, 9.17) is 10.5 Å². The van der Waals surface area contributed by atoms with Gasteiger partial charge in [-0.2, -0.15) is 0 Å². The minimum atomic E-state index is -0.842. The average Bonchev–Trinajstić information content (AvgIpc) is 2.45. The summed E-state index contributed by atoms with van der Waals surface area (Å²) in [5.41, 5.74) is 7.66. The van der Waals surface area contributed by atoms with Gasteiger partial charge in [0.15, 0.2) is 0 Å². The second-order valence-corrected chi connectivity index (χ2v) is 6.00. The molecular weight excluding hydrogens is 340 g/mol. The molecule has 1 heterocycles. The predicted molar refractivity (Wildman–Crippen MR) is 80.3 cm³/mol. The van der Waals surface area contributed by atoms with Crippen LogP contribution in [0.4, 0.5) is 8.78 Å². The third-order valence-electron chi connectivity index (χ3n) is 3.65. The highest BCUT2D eigenvalue weighted by Gasteiger charge is 2.21. The van der Waals surface area contributed by atoms with Crippen LogP contribution in [0.2, 0.25) is 0 Å². The van der Waals surface area contributed by atoms with Crippen LogP contribution in [0.3, 0.4) is 0 Å². The van der Waals surface area contributed by atoms with E-state index in [0.29, 0.717) is 16.6 Å². The van der Waals surface area contributed by atoms with E-state index in [1.807, 2.05) is 12.1 Å². The molecule has 0 bridgehead atoms. The molecule has 2 aromatic rings. The Hall–Kier alpha value is -1.46. The fourth-order valence-electron chi connectivity index (χ4n) is 2.59. The Balaban J connectivity index is 2.01. The number of aryl methyl sites for hydroxylation is 1. The molecular formula is C16H14BrF2NO. The smallest absolute Gasteiger partial charge is 0.132 e. The maximum atomic E-state index is 14.0. The molecule has 0 saturated heterocycles. The summed E-state index contributed by atoms with van der Waals surface area (Å²) in [5, 5.41) is 0. The van der Waals surface area contributed by atoms with Gasteiger partial charge in [0.2, 0.25) is 0 Å². The Morgan fingerprint density at radius 3 is 2.57 bits per heavy atom. The molecule has 0 aliphatic carbocycles. The molecule has 0 aromatic heterocycles. The Morgan fingerprint density at radius 2 is 1.86 bits per heavy atom. The lowest BCUT2D eigenvalue weighted by Crippen LogP contribution is -2.17. The van der Waals surface area contributed by atoms with Gasteiger partial charge in [0.1, 0.15) is 17.4 Å². The molecule has 1 atom stereocenters. The fraction of sp³-hybridized carbons (Fsp3) is 0.250. The Bertz CT molecular complexity index is 667. The van der Waals surface area contributed by atoms with Crippen LogP contribution in [-0.4, -0.2) is 6.61 Å². The van der Waals surface area contributed by atoms with Crippen LogP contribution in [0, 0.1) is 11.6 Å². The number of hydrogen-bond acceptors (Lipinski definition) is 2. The number of halogens is 3. The highest BCUT2D eigenvalue weighted by Crippen LogP contribution is 2.32. The molecule has 0 radical (unpaired) electrons. The summed E-state index contributed by atoms with van der Waals surface area (Å²) in [6, 6.07) is 7.05. The molecule has 0 spiro atoms. The van der Waals surface area contributed by atoms with Crippen molar-refractivity contribution < 1.29 is 13.5 Å². The topological polar surface area (TPSA) is 35.2 Å². The number of rotatable bonds is 2. The van der Waals surface area contributed by atoms with E-state index < -0.39 is 17.7 Å². The molecule has 2 nitrogen and oxygen atoms in total. The van der Waals surface area contributed by atoms with Crippen molar-refractivity contribution in [3.05, 3.63) is 63.1 Å². The van der Waals surface area contributed by atoms with Crippen molar-refractivity contribution in [3.8, 4) is 5.75 Å². The molecule has 1 unspecified atom stereocenters. The molecule has 21 heavy (non-hydrogen) atoms. The number of nitrogens with two attached hydrogens (primary N) is 1. The molecule has 0 saturated carbocycles. The van der Waals surface area contributed by atoms with Gasteiger partial charge in [0.25, 0.3) is 0 Å². The van der Waals surface area contributed by atoms with Crippen LogP contribution in [-0.2, 0) is 6.42 Å². The summed E-state index contributed by atoms with van der Waals surface area (Å²) in [6.07, 6.45) is 1.83. The van der Waals surface area contributed by atoms with Crippen LogP contribution >= 0.6 is 15.9 Å². The summed E-state index contributed by atoms with van der Waals surface area (Å²) >= 11 is 3.06. The summed E-state index contributed by atoms with van der Waals surface area (Å²) in [5.74, 6) is -0.472. The van der Waals surface area contributed by atoms with Crippen molar-refractivity contribution in [2.75, 3.05) is 6.61 Å². The van der Waals surface area contributed by atoms with E-state index in [1.54, 1.807) is 6.07 Å².